The number of methoxy groups -OCH3 is 1. The molecule has 1 aromatic carbocycles. The van der Waals surface area contributed by atoms with Crippen molar-refractivity contribution in [1.29, 1.82) is 0 Å². The van der Waals surface area contributed by atoms with Gasteiger partial charge >= 0.3 is 0 Å². The Morgan fingerprint density at radius 3 is 2.39 bits per heavy atom. The maximum atomic E-state index is 12.1. The molecule has 1 rings (SSSR count). The van der Waals surface area contributed by atoms with Gasteiger partial charge in [-0.05, 0) is 12.0 Å². The third-order valence-corrected chi connectivity index (χ3v) is 3.16. The van der Waals surface area contributed by atoms with Crippen LogP contribution >= 0.6 is 0 Å². The summed E-state index contributed by atoms with van der Waals surface area (Å²) in [6, 6.07) is 9.73. The molecule has 0 saturated carbocycles. The van der Waals surface area contributed by atoms with Gasteiger partial charge in [0.05, 0.1) is 0 Å². The molecule has 1 atom stereocenters. The minimum absolute atomic E-state index is 0.195. The van der Waals surface area contributed by atoms with Crippen molar-refractivity contribution in [3.63, 3.8) is 0 Å². The molecule has 0 aliphatic rings. The Balaban J connectivity index is 2.39. The zero-order chi connectivity index (χ0) is 13.2. The SMILES string of the molecule is CCCCCCCC(=O)C(OC)c1ccccc1. The first-order chi connectivity index (χ1) is 8.79. The Morgan fingerprint density at radius 2 is 1.78 bits per heavy atom. The van der Waals surface area contributed by atoms with Crippen LogP contribution in [0.1, 0.15) is 57.1 Å². The smallest absolute Gasteiger partial charge is 0.166 e. The standard InChI is InChI=1S/C16H24O2/c1-3-4-5-6-10-13-15(17)16(18-2)14-11-8-7-9-12-14/h7-9,11-12,16H,3-6,10,13H2,1-2H3. The summed E-state index contributed by atoms with van der Waals surface area (Å²) in [4.78, 5) is 12.1. The average molecular weight is 248 g/mol. The van der Waals surface area contributed by atoms with Crippen LogP contribution in [0.15, 0.2) is 30.3 Å². The lowest BCUT2D eigenvalue weighted by atomic mass is 10.0. The van der Waals surface area contributed by atoms with Crippen LogP contribution in [0, 0.1) is 0 Å². The van der Waals surface area contributed by atoms with Crippen LogP contribution in [-0.2, 0) is 9.53 Å². The van der Waals surface area contributed by atoms with Crippen molar-refractivity contribution in [3.8, 4) is 0 Å². The maximum absolute atomic E-state index is 12.1. The van der Waals surface area contributed by atoms with E-state index in [-0.39, 0.29) is 5.78 Å². The number of ketones is 1. The Morgan fingerprint density at radius 1 is 1.11 bits per heavy atom. The van der Waals surface area contributed by atoms with Crippen LogP contribution in [-0.4, -0.2) is 12.9 Å². The fraction of sp³-hybridized carbons (Fsp3) is 0.562. The monoisotopic (exact) mass is 248 g/mol. The topological polar surface area (TPSA) is 26.3 Å². The van der Waals surface area contributed by atoms with Gasteiger partial charge in [-0.15, -0.1) is 0 Å². The van der Waals surface area contributed by atoms with Crippen LogP contribution in [0.25, 0.3) is 0 Å². The van der Waals surface area contributed by atoms with E-state index < -0.39 is 6.10 Å². The molecule has 0 bridgehead atoms. The van der Waals surface area contributed by atoms with Crippen molar-refractivity contribution in [1.82, 2.24) is 0 Å². The highest BCUT2D eigenvalue weighted by Crippen LogP contribution is 2.20. The van der Waals surface area contributed by atoms with Gasteiger partial charge in [0, 0.05) is 13.5 Å². The molecule has 1 aromatic rings. The maximum Gasteiger partial charge on any atom is 0.166 e. The number of benzene rings is 1. The molecule has 0 spiro atoms. The normalized spacial score (nSPS) is 12.3. The van der Waals surface area contributed by atoms with Gasteiger partial charge in [-0.25, -0.2) is 0 Å². The van der Waals surface area contributed by atoms with Crippen molar-refractivity contribution in [3.05, 3.63) is 35.9 Å². The lowest BCUT2D eigenvalue weighted by Gasteiger charge is -2.14. The highest BCUT2D eigenvalue weighted by atomic mass is 16.5. The van der Waals surface area contributed by atoms with Gasteiger partial charge in [0.1, 0.15) is 6.10 Å². The minimum atomic E-state index is -0.391. The number of rotatable bonds is 9. The summed E-state index contributed by atoms with van der Waals surface area (Å²) in [6.45, 7) is 2.20. The quantitative estimate of drug-likeness (QED) is 0.609. The zero-order valence-electron chi connectivity index (χ0n) is 11.5. The molecule has 0 heterocycles. The first-order valence-electron chi connectivity index (χ1n) is 6.90. The van der Waals surface area contributed by atoms with E-state index in [2.05, 4.69) is 6.92 Å². The van der Waals surface area contributed by atoms with Crippen LogP contribution in [0.2, 0.25) is 0 Å². The number of hydrogen-bond donors (Lipinski definition) is 0. The van der Waals surface area contributed by atoms with Gasteiger partial charge in [-0.1, -0.05) is 62.9 Å². The van der Waals surface area contributed by atoms with Crippen LogP contribution in [0.4, 0.5) is 0 Å². The molecular formula is C16H24O2. The lowest BCUT2D eigenvalue weighted by molar-refractivity contribution is -0.129. The highest BCUT2D eigenvalue weighted by molar-refractivity contribution is 5.84. The first kappa shape index (κ1) is 14.9. The summed E-state index contributed by atoms with van der Waals surface area (Å²) in [6.07, 6.45) is 6.08. The van der Waals surface area contributed by atoms with E-state index in [1.54, 1.807) is 7.11 Å². The number of hydrogen-bond acceptors (Lipinski definition) is 2. The number of ether oxygens (including phenoxy) is 1. The van der Waals surface area contributed by atoms with Gasteiger partial charge in [0.15, 0.2) is 5.78 Å². The molecule has 2 nitrogen and oxygen atoms in total. The Labute approximate surface area is 110 Å². The molecule has 0 N–H and O–H groups in total. The predicted molar refractivity (Wildman–Crippen MR) is 74.6 cm³/mol. The molecule has 100 valence electrons. The van der Waals surface area contributed by atoms with Crippen molar-refractivity contribution >= 4 is 5.78 Å². The van der Waals surface area contributed by atoms with Crippen molar-refractivity contribution in [2.24, 2.45) is 0 Å². The van der Waals surface area contributed by atoms with Gasteiger partial charge in [-0.2, -0.15) is 0 Å². The highest BCUT2D eigenvalue weighted by Gasteiger charge is 2.18. The average Bonchev–Trinajstić information content (AvgIpc) is 2.40. The lowest BCUT2D eigenvalue weighted by Crippen LogP contribution is -2.14. The summed E-state index contributed by atoms with van der Waals surface area (Å²) in [5.74, 6) is 0.195. The van der Waals surface area contributed by atoms with Crippen molar-refractivity contribution < 1.29 is 9.53 Å². The molecule has 0 amide bonds. The van der Waals surface area contributed by atoms with Crippen LogP contribution in [0.5, 0.6) is 0 Å². The number of unbranched alkanes of at least 4 members (excludes halogenated alkanes) is 4. The van der Waals surface area contributed by atoms with Crippen molar-refractivity contribution in [2.45, 2.75) is 51.6 Å². The zero-order valence-corrected chi connectivity index (χ0v) is 11.5. The molecule has 0 aliphatic carbocycles. The van der Waals surface area contributed by atoms with Crippen LogP contribution < -0.4 is 0 Å². The number of carbonyl (C=O) groups is 1. The van der Waals surface area contributed by atoms with E-state index in [0.29, 0.717) is 6.42 Å². The van der Waals surface area contributed by atoms with Crippen molar-refractivity contribution in [2.75, 3.05) is 7.11 Å². The van der Waals surface area contributed by atoms with Gasteiger partial charge < -0.3 is 4.74 Å². The molecule has 0 saturated heterocycles. The Hall–Kier alpha value is -1.15. The summed E-state index contributed by atoms with van der Waals surface area (Å²) in [5, 5.41) is 0. The Kier molecular flexibility index (Phi) is 7.35. The van der Waals surface area contributed by atoms with Gasteiger partial charge in [0.25, 0.3) is 0 Å². The van der Waals surface area contributed by atoms with E-state index >= 15 is 0 Å². The molecule has 0 radical (unpaired) electrons. The van der Waals surface area contributed by atoms with Gasteiger partial charge in [-0.3, -0.25) is 4.79 Å². The molecule has 2 heteroatoms. The van der Waals surface area contributed by atoms with Gasteiger partial charge in [0.2, 0.25) is 0 Å². The third-order valence-electron chi connectivity index (χ3n) is 3.16. The second-order valence-corrected chi connectivity index (χ2v) is 4.66. The largest absolute Gasteiger partial charge is 0.369 e. The Bertz CT molecular complexity index is 332. The summed E-state index contributed by atoms with van der Waals surface area (Å²) < 4.78 is 5.33. The molecule has 0 aliphatic heterocycles. The first-order valence-corrected chi connectivity index (χ1v) is 6.90. The predicted octanol–water partition coefficient (Wildman–Crippen LogP) is 4.30. The minimum Gasteiger partial charge on any atom is -0.369 e. The summed E-state index contributed by atoms with van der Waals surface area (Å²) in [5.41, 5.74) is 0.957. The summed E-state index contributed by atoms with van der Waals surface area (Å²) in [7, 11) is 1.60. The molecule has 0 fully saturated rings. The van der Waals surface area contributed by atoms with Crippen LogP contribution in [0.3, 0.4) is 0 Å². The second kappa shape index (κ2) is 8.87. The second-order valence-electron chi connectivity index (χ2n) is 4.66. The molecule has 1 unspecified atom stereocenters. The van der Waals surface area contributed by atoms with E-state index in [4.69, 9.17) is 4.74 Å². The number of Topliss-reactive ketones (excluding diaryl/α,β-unsaturated/α-hetero) is 1. The molecule has 0 aromatic heterocycles. The summed E-state index contributed by atoms with van der Waals surface area (Å²) >= 11 is 0. The van der Waals surface area contributed by atoms with E-state index in [0.717, 1.165) is 18.4 Å². The van der Waals surface area contributed by atoms with E-state index in [1.165, 1.54) is 19.3 Å². The third kappa shape index (κ3) is 5.01. The molecule has 18 heavy (non-hydrogen) atoms. The number of carbonyl (C=O) groups excluding carboxylic acids is 1. The van der Waals surface area contributed by atoms with E-state index in [1.807, 2.05) is 30.3 Å². The molecular weight excluding hydrogens is 224 g/mol. The fourth-order valence-electron chi connectivity index (χ4n) is 2.12. The van der Waals surface area contributed by atoms with E-state index in [9.17, 15) is 4.79 Å². The fourth-order valence-corrected chi connectivity index (χ4v) is 2.12.